The lowest BCUT2D eigenvalue weighted by molar-refractivity contribution is -0.0211. The Morgan fingerprint density at radius 3 is 2.60 bits per heavy atom. The van der Waals surface area contributed by atoms with E-state index >= 15 is 0 Å². The van der Waals surface area contributed by atoms with Crippen LogP contribution in [0.25, 0.3) is 0 Å². The van der Waals surface area contributed by atoms with Crippen LogP contribution in [0.3, 0.4) is 0 Å². The Bertz CT molecular complexity index is 406. The summed E-state index contributed by atoms with van der Waals surface area (Å²) in [7, 11) is 0. The van der Waals surface area contributed by atoms with Crippen LogP contribution in [0.15, 0.2) is 24.3 Å². The number of anilines is 1. The second-order valence-corrected chi connectivity index (χ2v) is 4.15. The topological polar surface area (TPSA) is 41.6 Å². The summed E-state index contributed by atoms with van der Waals surface area (Å²) in [4.78, 5) is 18.2. The van der Waals surface area contributed by atoms with Crippen molar-refractivity contribution in [1.82, 2.24) is 5.48 Å². The molecule has 1 heterocycles. The lowest BCUT2D eigenvalue weighted by Gasteiger charge is -2.27. The Hall–Kier alpha value is -1.26. The molecule has 0 spiro atoms. The van der Waals surface area contributed by atoms with E-state index in [2.05, 4.69) is 5.48 Å². The number of hydroxylamine groups is 1. The van der Waals surface area contributed by atoms with Gasteiger partial charge >= 0.3 is 6.03 Å². The molecule has 1 aliphatic rings. The summed E-state index contributed by atoms with van der Waals surface area (Å²) in [5.74, 6) is 0. The molecule has 15 heavy (non-hydrogen) atoms. The lowest BCUT2D eigenvalue weighted by Crippen LogP contribution is -2.41. The summed E-state index contributed by atoms with van der Waals surface area (Å²) in [6.07, 6.45) is 0. The molecule has 2 rings (SSSR count). The summed E-state index contributed by atoms with van der Waals surface area (Å²) in [5.41, 5.74) is 2.22. The molecular formula is C10H11ClN2O2. The number of hydrogen-bond acceptors (Lipinski definition) is 2. The van der Waals surface area contributed by atoms with Gasteiger partial charge in [0.25, 0.3) is 0 Å². The van der Waals surface area contributed by atoms with Crippen molar-refractivity contribution in [3.8, 4) is 0 Å². The molecule has 2 amide bonds. The Kier molecular flexibility index (Phi) is 2.32. The maximum atomic E-state index is 11.6. The molecule has 0 aliphatic carbocycles. The van der Waals surface area contributed by atoms with Crippen molar-refractivity contribution in [1.29, 1.82) is 0 Å². The van der Waals surface area contributed by atoms with Crippen LogP contribution < -0.4 is 10.4 Å². The number of benzene rings is 1. The predicted molar refractivity (Wildman–Crippen MR) is 57.6 cm³/mol. The van der Waals surface area contributed by atoms with E-state index < -0.39 is 5.72 Å². The normalized spacial score (nSPS) is 19.1. The van der Waals surface area contributed by atoms with E-state index in [4.69, 9.17) is 16.4 Å². The van der Waals surface area contributed by atoms with E-state index in [1.807, 2.05) is 12.1 Å². The number of carbonyl (C=O) groups is 1. The average molecular weight is 227 g/mol. The molecule has 1 aromatic carbocycles. The fraction of sp³-hybridized carbons (Fsp3) is 0.300. The molecule has 4 nitrogen and oxygen atoms in total. The van der Waals surface area contributed by atoms with Gasteiger partial charge in [0.2, 0.25) is 0 Å². The maximum Gasteiger partial charge on any atom is 0.348 e. The van der Waals surface area contributed by atoms with Gasteiger partial charge in [0.1, 0.15) is 0 Å². The lowest BCUT2D eigenvalue weighted by atomic mass is 10.2. The summed E-state index contributed by atoms with van der Waals surface area (Å²) in [5, 5.41) is 0.520. The molecule has 1 aliphatic heterocycles. The van der Waals surface area contributed by atoms with Crippen LogP contribution in [0.1, 0.15) is 13.8 Å². The van der Waals surface area contributed by atoms with E-state index in [1.165, 1.54) is 4.90 Å². The average Bonchev–Trinajstić information content (AvgIpc) is 2.43. The number of carbonyl (C=O) groups excluding carboxylic acids is 1. The number of hydrogen-bond donors (Lipinski definition) is 1. The van der Waals surface area contributed by atoms with Gasteiger partial charge in [0.05, 0.1) is 10.7 Å². The third-order valence-corrected chi connectivity index (χ3v) is 2.54. The summed E-state index contributed by atoms with van der Waals surface area (Å²) >= 11 is 6.02. The minimum atomic E-state index is -0.734. The maximum absolute atomic E-state index is 11.6. The van der Waals surface area contributed by atoms with Gasteiger partial charge in [-0.15, -0.1) is 0 Å². The van der Waals surface area contributed by atoms with Crippen LogP contribution in [0.4, 0.5) is 10.5 Å². The fourth-order valence-electron chi connectivity index (χ4n) is 1.54. The standard InChI is InChI=1S/C10H11ClN2O2/c1-10(2)13(9(14)12-15-10)8-6-4-3-5-7(8)11/h3-6H,1-2H3,(H,12,14). The molecule has 0 unspecified atom stereocenters. The number of nitrogens with zero attached hydrogens (tertiary/aromatic N) is 1. The largest absolute Gasteiger partial charge is 0.348 e. The molecule has 1 fully saturated rings. The van der Waals surface area contributed by atoms with Crippen LogP contribution in [-0.4, -0.2) is 11.8 Å². The first-order valence-electron chi connectivity index (χ1n) is 4.55. The predicted octanol–water partition coefficient (Wildman–Crippen LogP) is 2.54. The highest BCUT2D eigenvalue weighted by Gasteiger charge is 2.41. The molecule has 80 valence electrons. The number of para-hydroxylation sites is 1. The monoisotopic (exact) mass is 226 g/mol. The van der Waals surface area contributed by atoms with Crippen LogP contribution in [0, 0.1) is 0 Å². The van der Waals surface area contributed by atoms with Crippen LogP contribution in [-0.2, 0) is 4.84 Å². The van der Waals surface area contributed by atoms with Gasteiger partial charge in [-0.2, -0.15) is 0 Å². The van der Waals surface area contributed by atoms with Gasteiger partial charge in [-0.3, -0.25) is 4.90 Å². The first kappa shape index (κ1) is 10.3. The smallest absolute Gasteiger partial charge is 0.260 e. The Morgan fingerprint density at radius 1 is 1.40 bits per heavy atom. The van der Waals surface area contributed by atoms with Gasteiger partial charge < -0.3 is 0 Å². The van der Waals surface area contributed by atoms with E-state index in [0.717, 1.165) is 0 Å². The van der Waals surface area contributed by atoms with Gasteiger partial charge in [0.15, 0.2) is 5.72 Å². The zero-order valence-corrected chi connectivity index (χ0v) is 9.21. The van der Waals surface area contributed by atoms with Gasteiger partial charge in [-0.25, -0.2) is 15.1 Å². The van der Waals surface area contributed by atoms with Crippen LogP contribution in [0.5, 0.6) is 0 Å². The molecule has 0 radical (unpaired) electrons. The second kappa shape index (κ2) is 3.40. The van der Waals surface area contributed by atoms with Crippen molar-refractivity contribution in [2.75, 3.05) is 4.90 Å². The van der Waals surface area contributed by atoms with E-state index in [1.54, 1.807) is 26.0 Å². The van der Waals surface area contributed by atoms with Crippen molar-refractivity contribution < 1.29 is 9.63 Å². The van der Waals surface area contributed by atoms with Gasteiger partial charge in [-0.1, -0.05) is 23.7 Å². The number of halogens is 1. The van der Waals surface area contributed by atoms with E-state index in [-0.39, 0.29) is 6.03 Å². The van der Waals surface area contributed by atoms with Gasteiger partial charge in [0, 0.05) is 0 Å². The number of urea groups is 1. The Balaban J connectivity index is 2.46. The highest BCUT2D eigenvalue weighted by molar-refractivity contribution is 6.33. The minimum Gasteiger partial charge on any atom is -0.260 e. The number of nitrogens with one attached hydrogen (secondary N) is 1. The molecule has 1 saturated heterocycles. The highest BCUT2D eigenvalue weighted by Crippen LogP contribution is 2.33. The number of amides is 2. The summed E-state index contributed by atoms with van der Waals surface area (Å²) < 4.78 is 0. The minimum absolute atomic E-state index is 0.312. The summed E-state index contributed by atoms with van der Waals surface area (Å²) in [6.45, 7) is 3.57. The van der Waals surface area contributed by atoms with Crippen molar-refractivity contribution in [3.05, 3.63) is 29.3 Å². The van der Waals surface area contributed by atoms with Crippen molar-refractivity contribution in [2.45, 2.75) is 19.6 Å². The molecule has 5 heteroatoms. The Labute approximate surface area is 92.7 Å². The molecule has 0 atom stereocenters. The van der Waals surface area contributed by atoms with Crippen LogP contribution >= 0.6 is 11.6 Å². The van der Waals surface area contributed by atoms with Crippen molar-refractivity contribution >= 4 is 23.3 Å². The van der Waals surface area contributed by atoms with Crippen molar-refractivity contribution in [2.24, 2.45) is 0 Å². The van der Waals surface area contributed by atoms with Gasteiger partial charge in [-0.05, 0) is 26.0 Å². The molecule has 0 aromatic heterocycles. The van der Waals surface area contributed by atoms with Crippen LogP contribution in [0.2, 0.25) is 5.02 Å². The van der Waals surface area contributed by atoms with E-state index in [0.29, 0.717) is 10.7 Å². The molecule has 1 aromatic rings. The fourth-order valence-corrected chi connectivity index (χ4v) is 1.76. The number of rotatable bonds is 1. The molecule has 1 N–H and O–H groups in total. The first-order valence-corrected chi connectivity index (χ1v) is 4.93. The SMILES string of the molecule is CC1(C)ONC(=O)N1c1ccccc1Cl. The zero-order chi connectivity index (χ0) is 11.1. The van der Waals surface area contributed by atoms with E-state index in [9.17, 15) is 4.79 Å². The molecule has 0 saturated carbocycles. The third-order valence-electron chi connectivity index (χ3n) is 2.22. The second-order valence-electron chi connectivity index (χ2n) is 3.74. The summed E-state index contributed by atoms with van der Waals surface area (Å²) in [6, 6.07) is 6.83. The Morgan fingerprint density at radius 2 is 2.07 bits per heavy atom. The first-order chi connectivity index (χ1) is 7.02. The van der Waals surface area contributed by atoms with Crippen molar-refractivity contribution in [3.63, 3.8) is 0 Å². The highest BCUT2D eigenvalue weighted by atomic mass is 35.5. The third kappa shape index (κ3) is 1.66. The molecular weight excluding hydrogens is 216 g/mol. The molecule has 0 bridgehead atoms. The zero-order valence-electron chi connectivity index (χ0n) is 8.45. The quantitative estimate of drug-likeness (QED) is 0.800.